The number of nitrogens with zero attached hydrogens (tertiary/aromatic N) is 1. The summed E-state index contributed by atoms with van der Waals surface area (Å²) in [5.41, 5.74) is 3.44. The van der Waals surface area contributed by atoms with E-state index in [4.69, 9.17) is 16.3 Å². The van der Waals surface area contributed by atoms with Gasteiger partial charge in [-0.2, -0.15) is 5.26 Å². The third-order valence-corrected chi connectivity index (χ3v) is 6.61. The van der Waals surface area contributed by atoms with E-state index in [0.29, 0.717) is 28.1 Å². The normalized spacial score (nSPS) is 13.0. The number of carbonyl (C=O) groups excluding carboxylic acids is 2. The Morgan fingerprint density at radius 3 is 2.16 bits per heavy atom. The second kappa shape index (κ2) is 12.7. The molecular weight excluding hydrogens is 496 g/mol. The lowest BCUT2D eigenvalue weighted by molar-refractivity contribution is -0.131. The highest BCUT2D eigenvalue weighted by Crippen LogP contribution is 2.28. The Labute approximate surface area is 227 Å². The molecule has 4 rings (SSSR count). The summed E-state index contributed by atoms with van der Waals surface area (Å²) in [7, 11) is 0. The lowest BCUT2D eigenvalue weighted by Gasteiger charge is -2.28. The van der Waals surface area contributed by atoms with Crippen molar-refractivity contribution < 1.29 is 14.3 Å². The van der Waals surface area contributed by atoms with E-state index < -0.39 is 18.0 Å². The zero-order chi connectivity index (χ0) is 26.9. The largest absolute Gasteiger partial charge is 0.444 e. The van der Waals surface area contributed by atoms with E-state index in [0.717, 1.165) is 11.1 Å². The molecule has 0 aliphatic carbocycles. The van der Waals surface area contributed by atoms with Crippen molar-refractivity contribution in [3.05, 3.63) is 142 Å². The van der Waals surface area contributed by atoms with Gasteiger partial charge < -0.3 is 10.1 Å². The molecule has 3 atom stereocenters. The highest BCUT2D eigenvalue weighted by molar-refractivity contribution is 6.30. The van der Waals surface area contributed by atoms with Gasteiger partial charge in [0, 0.05) is 22.5 Å². The molecule has 0 spiro atoms. The molecule has 0 unspecified atom stereocenters. The maximum Gasteiger partial charge on any atom is 0.339 e. The first-order valence-electron chi connectivity index (χ1n) is 12.3. The second-order valence-corrected chi connectivity index (χ2v) is 9.47. The quantitative estimate of drug-likeness (QED) is 0.250. The first-order valence-corrected chi connectivity index (χ1v) is 12.7. The molecule has 0 heterocycles. The lowest BCUT2D eigenvalue weighted by atomic mass is 9.85. The topological polar surface area (TPSA) is 79.2 Å². The molecule has 6 heteroatoms. The number of nitriles is 1. The van der Waals surface area contributed by atoms with Gasteiger partial charge in [-0.05, 0) is 60.9 Å². The standard InChI is InChI=1S/C32H27ClN2O3/c1-22(29(20-23-15-17-28(33)18-16-23)27-14-8-9-24(19-27)21-34)35-31(36)30(25-10-4-2-5-11-25)38-32(37)26-12-6-3-7-13-26/h2-19,22,29-30H,20H2,1H3,(H,35,36)/t22-,29+,30-/m0/s1. The zero-order valence-electron chi connectivity index (χ0n) is 20.9. The highest BCUT2D eigenvalue weighted by atomic mass is 35.5. The van der Waals surface area contributed by atoms with Crippen LogP contribution >= 0.6 is 11.6 Å². The van der Waals surface area contributed by atoms with Crippen LogP contribution in [0.15, 0.2) is 109 Å². The van der Waals surface area contributed by atoms with Gasteiger partial charge in [-0.3, -0.25) is 4.79 Å². The third kappa shape index (κ3) is 6.88. The summed E-state index contributed by atoms with van der Waals surface area (Å²) in [6.45, 7) is 1.92. The van der Waals surface area contributed by atoms with Crippen molar-refractivity contribution in [1.29, 1.82) is 5.26 Å². The maximum absolute atomic E-state index is 13.6. The van der Waals surface area contributed by atoms with E-state index in [2.05, 4.69) is 11.4 Å². The van der Waals surface area contributed by atoms with E-state index in [-0.39, 0.29) is 12.0 Å². The first-order chi connectivity index (χ1) is 18.4. The summed E-state index contributed by atoms with van der Waals surface area (Å²) in [6.07, 6.45) is -0.527. The van der Waals surface area contributed by atoms with Crippen LogP contribution in [0.2, 0.25) is 5.02 Å². The molecule has 4 aromatic rings. The number of ether oxygens (including phenoxy) is 1. The SMILES string of the molecule is C[C@H](NC(=O)[C@@H](OC(=O)c1ccccc1)c1ccccc1)[C@@H](Cc1ccc(Cl)cc1)c1cccc(C#N)c1. The summed E-state index contributed by atoms with van der Waals surface area (Å²) in [5, 5.41) is 13.2. The summed E-state index contributed by atoms with van der Waals surface area (Å²) in [4.78, 5) is 26.5. The summed E-state index contributed by atoms with van der Waals surface area (Å²) in [6, 6.07) is 34.3. The molecule has 0 aromatic heterocycles. The van der Waals surface area contributed by atoms with Crippen LogP contribution in [0.25, 0.3) is 0 Å². The van der Waals surface area contributed by atoms with Gasteiger partial charge in [0.15, 0.2) is 0 Å². The monoisotopic (exact) mass is 522 g/mol. The van der Waals surface area contributed by atoms with Crippen molar-refractivity contribution in [3.8, 4) is 6.07 Å². The fourth-order valence-electron chi connectivity index (χ4n) is 4.35. The Morgan fingerprint density at radius 2 is 1.50 bits per heavy atom. The minimum absolute atomic E-state index is 0.158. The molecule has 1 N–H and O–H groups in total. The summed E-state index contributed by atoms with van der Waals surface area (Å²) in [5.74, 6) is -1.16. The van der Waals surface area contributed by atoms with Crippen LogP contribution < -0.4 is 5.32 Å². The number of carbonyl (C=O) groups is 2. The third-order valence-electron chi connectivity index (χ3n) is 6.36. The summed E-state index contributed by atoms with van der Waals surface area (Å²) >= 11 is 6.08. The van der Waals surface area contributed by atoms with Crippen LogP contribution in [0.5, 0.6) is 0 Å². The van der Waals surface area contributed by atoms with Crippen molar-refractivity contribution in [2.24, 2.45) is 0 Å². The number of halogens is 1. The molecule has 0 bridgehead atoms. The minimum atomic E-state index is -1.13. The molecule has 0 saturated carbocycles. The van der Waals surface area contributed by atoms with E-state index in [1.165, 1.54) is 0 Å². The van der Waals surface area contributed by atoms with E-state index in [1.54, 1.807) is 54.6 Å². The molecule has 0 saturated heterocycles. The maximum atomic E-state index is 13.6. The van der Waals surface area contributed by atoms with Crippen molar-refractivity contribution >= 4 is 23.5 Å². The molecule has 38 heavy (non-hydrogen) atoms. The minimum Gasteiger partial charge on any atom is -0.444 e. The van der Waals surface area contributed by atoms with Gasteiger partial charge in [-0.25, -0.2) is 4.79 Å². The number of benzene rings is 4. The fourth-order valence-corrected chi connectivity index (χ4v) is 4.47. The Kier molecular flexibility index (Phi) is 8.92. The Bertz CT molecular complexity index is 1420. The average Bonchev–Trinajstić information content (AvgIpc) is 2.96. The first kappa shape index (κ1) is 26.7. The van der Waals surface area contributed by atoms with Crippen molar-refractivity contribution in [2.75, 3.05) is 0 Å². The predicted octanol–water partition coefficient (Wildman–Crippen LogP) is 6.64. The molecule has 4 aromatic carbocycles. The number of hydrogen-bond acceptors (Lipinski definition) is 4. The molecule has 190 valence electrons. The highest BCUT2D eigenvalue weighted by Gasteiger charge is 2.29. The Hall–Kier alpha value is -4.40. The number of nitrogens with one attached hydrogen (secondary N) is 1. The van der Waals surface area contributed by atoms with Gasteiger partial charge >= 0.3 is 5.97 Å². The molecule has 0 radical (unpaired) electrons. The molecule has 0 aliphatic heterocycles. The second-order valence-electron chi connectivity index (χ2n) is 9.03. The van der Waals surface area contributed by atoms with Crippen LogP contribution in [0.1, 0.15) is 51.6 Å². The predicted molar refractivity (Wildman–Crippen MR) is 148 cm³/mol. The smallest absolute Gasteiger partial charge is 0.339 e. The summed E-state index contributed by atoms with van der Waals surface area (Å²) < 4.78 is 5.73. The Balaban J connectivity index is 1.60. The van der Waals surface area contributed by atoms with Gasteiger partial charge in [-0.1, -0.05) is 84.4 Å². The van der Waals surface area contributed by atoms with Crippen LogP contribution in [0, 0.1) is 11.3 Å². The average molecular weight is 523 g/mol. The van der Waals surface area contributed by atoms with Crippen LogP contribution in [-0.2, 0) is 16.0 Å². The number of hydrogen-bond donors (Lipinski definition) is 1. The van der Waals surface area contributed by atoms with Crippen LogP contribution in [0.3, 0.4) is 0 Å². The molecule has 5 nitrogen and oxygen atoms in total. The molecule has 0 aliphatic rings. The van der Waals surface area contributed by atoms with Crippen LogP contribution in [-0.4, -0.2) is 17.9 Å². The molecular formula is C32H27ClN2O3. The van der Waals surface area contributed by atoms with Crippen molar-refractivity contribution in [2.45, 2.75) is 31.4 Å². The van der Waals surface area contributed by atoms with Crippen molar-refractivity contribution in [3.63, 3.8) is 0 Å². The number of rotatable bonds is 9. The number of esters is 1. The van der Waals surface area contributed by atoms with Gasteiger partial charge in [0.2, 0.25) is 6.10 Å². The number of amides is 1. The van der Waals surface area contributed by atoms with Gasteiger partial charge in [0.05, 0.1) is 17.2 Å². The van der Waals surface area contributed by atoms with Crippen molar-refractivity contribution in [1.82, 2.24) is 5.32 Å². The van der Waals surface area contributed by atoms with Gasteiger partial charge in [0.1, 0.15) is 0 Å². The van der Waals surface area contributed by atoms with Crippen LogP contribution in [0.4, 0.5) is 0 Å². The van der Waals surface area contributed by atoms with Gasteiger partial charge in [0.25, 0.3) is 5.91 Å². The van der Waals surface area contributed by atoms with E-state index in [9.17, 15) is 14.9 Å². The van der Waals surface area contributed by atoms with E-state index >= 15 is 0 Å². The fraction of sp³-hybridized carbons (Fsp3) is 0.156. The Morgan fingerprint density at radius 1 is 0.868 bits per heavy atom. The molecule has 1 amide bonds. The zero-order valence-corrected chi connectivity index (χ0v) is 21.6. The molecule has 0 fully saturated rings. The van der Waals surface area contributed by atoms with E-state index in [1.807, 2.05) is 61.5 Å². The lowest BCUT2D eigenvalue weighted by Crippen LogP contribution is -2.41. The van der Waals surface area contributed by atoms with Gasteiger partial charge in [-0.15, -0.1) is 0 Å².